The summed E-state index contributed by atoms with van der Waals surface area (Å²) in [5.74, 6) is -1.67. The number of hydrogen-bond acceptors (Lipinski definition) is 6. The summed E-state index contributed by atoms with van der Waals surface area (Å²) in [7, 11) is 0. The molecule has 0 radical (unpaired) electrons. The van der Waals surface area contributed by atoms with Gasteiger partial charge in [0.2, 0.25) is 0 Å². The molecule has 7 nitrogen and oxygen atoms in total. The summed E-state index contributed by atoms with van der Waals surface area (Å²) in [6.45, 7) is 8.08. The Hall–Kier alpha value is -3.49. The van der Waals surface area contributed by atoms with Crippen molar-refractivity contribution in [2.24, 2.45) is 0 Å². The molecule has 1 N–H and O–H groups in total. The van der Waals surface area contributed by atoms with Gasteiger partial charge in [0.25, 0.3) is 11.7 Å². The molecule has 0 saturated carbocycles. The van der Waals surface area contributed by atoms with Crippen molar-refractivity contribution < 1.29 is 28.6 Å². The Balaban J connectivity index is 1.68. The van der Waals surface area contributed by atoms with E-state index in [1.54, 1.807) is 30.3 Å². The number of amides is 1. The lowest BCUT2D eigenvalue weighted by Gasteiger charge is -2.29. The molecule has 2 heterocycles. The highest BCUT2D eigenvalue weighted by Crippen LogP contribution is 2.40. The predicted octanol–water partition coefficient (Wildman–Crippen LogP) is 3.53. The molecule has 2 aliphatic rings. The van der Waals surface area contributed by atoms with Crippen molar-refractivity contribution in [3.63, 3.8) is 0 Å². The lowest BCUT2D eigenvalue weighted by Crippen LogP contribution is -2.38. The van der Waals surface area contributed by atoms with E-state index in [2.05, 4.69) is 11.5 Å². The normalized spacial score (nSPS) is 20.3. The van der Waals surface area contributed by atoms with Gasteiger partial charge < -0.3 is 19.5 Å². The maximum atomic E-state index is 13.4. The number of likely N-dealkylation sites (tertiary alicyclic amines) is 1. The fourth-order valence-corrected chi connectivity index (χ4v) is 4.44. The first kappa shape index (κ1) is 24.6. The van der Waals surface area contributed by atoms with Crippen LogP contribution in [-0.4, -0.2) is 72.6 Å². The standard InChI is InChI=1S/C27H29FN2O5/c1-2-15-35-22-6-3-5-20(18-22)24-23(25(31)19-7-9-21(28)10-8-19)26(32)27(33)30(24)12-4-11-29-13-16-34-17-14-29/h2-3,5-10,18,24,31H,1,4,11-17H2/b25-23+/t24-/m0/s1. The number of aliphatic hydroxyl groups is 1. The maximum Gasteiger partial charge on any atom is 0.295 e. The van der Waals surface area contributed by atoms with Crippen LogP contribution in [0.5, 0.6) is 5.75 Å². The van der Waals surface area contributed by atoms with E-state index in [0.29, 0.717) is 44.1 Å². The number of benzene rings is 2. The molecular formula is C27H29FN2O5. The molecule has 4 rings (SSSR count). The zero-order chi connectivity index (χ0) is 24.8. The van der Waals surface area contributed by atoms with Crippen LogP contribution >= 0.6 is 0 Å². The van der Waals surface area contributed by atoms with Gasteiger partial charge in [-0.2, -0.15) is 0 Å². The lowest BCUT2D eigenvalue weighted by atomic mass is 9.95. The molecule has 0 aromatic heterocycles. The highest BCUT2D eigenvalue weighted by Gasteiger charge is 2.46. The number of carbonyl (C=O) groups excluding carboxylic acids is 2. The quantitative estimate of drug-likeness (QED) is 0.256. The molecule has 2 aromatic carbocycles. The van der Waals surface area contributed by atoms with E-state index in [4.69, 9.17) is 9.47 Å². The highest BCUT2D eigenvalue weighted by atomic mass is 19.1. The van der Waals surface area contributed by atoms with E-state index in [-0.39, 0.29) is 16.9 Å². The number of nitrogens with zero attached hydrogens (tertiary/aromatic N) is 2. The summed E-state index contributed by atoms with van der Waals surface area (Å²) in [6, 6.07) is 11.5. The Morgan fingerprint density at radius 2 is 1.89 bits per heavy atom. The topological polar surface area (TPSA) is 79.3 Å². The third-order valence-electron chi connectivity index (χ3n) is 6.18. The molecule has 2 saturated heterocycles. The number of Topliss-reactive ketones (excluding diaryl/α,β-unsaturated/α-hetero) is 1. The van der Waals surface area contributed by atoms with Crippen LogP contribution in [0.4, 0.5) is 4.39 Å². The van der Waals surface area contributed by atoms with Crippen LogP contribution in [0.2, 0.25) is 0 Å². The Bertz CT molecular complexity index is 1110. The molecule has 2 fully saturated rings. The van der Waals surface area contributed by atoms with Gasteiger partial charge in [-0.25, -0.2) is 4.39 Å². The summed E-state index contributed by atoms with van der Waals surface area (Å²) in [5.41, 5.74) is 0.886. The number of rotatable bonds is 9. The lowest BCUT2D eigenvalue weighted by molar-refractivity contribution is -0.140. The molecule has 184 valence electrons. The third-order valence-corrected chi connectivity index (χ3v) is 6.18. The second-order valence-corrected chi connectivity index (χ2v) is 8.48. The molecule has 35 heavy (non-hydrogen) atoms. The summed E-state index contributed by atoms with van der Waals surface area (Å²) < 4.78 is 24.5. The van der Waals surface area contributed by atoms with Crippen molar-refractivity contribution in [1.82, 2.24) is 9.80 Å². The molecule has 0 unspecified atom stereocenters. The summed E-state index contributed by atoms with van der Waals surface area (Å²) in [5, 5.41) is 11.1. The molecular weight excluding hydrogens is 451 g/mol. The Labute approximate surface area is 204 Å². The van der Waals surface area contributed by atoms with E-state index >= 15 is 0 Å². The number of halogens is 1. The molecule has 2 aromatic rings. The summed E-state index contributed by atoms with van der Waals surface area (Å²) in [6.07, 6.45) is 2.28. The van der Waals surface area contributed by atoms with Gasteiger partial charge in [-0.05, 0) is 48.4 Å². The first-order chi connectivity index (χ1) is 17.0. The summed E-state index contributed by atoms with van der Waals surface area (Å²) in [4.78, 5) is 30.0. The van der Waals surface area contributed by atoms with Crippen molar-refractivity contribution in [3.05, 3.63) is 83.7 Å². The molecule has 8 heteroatoms. The maximum absolute atomic E-state index is 13.4. The molecule has 2 aliphatic heterocycles. The van der Waals surface area contributed by atoms with Crippen LogP contribution in [0, 0.1) is 5.82 Å². The Kier molecular flexibility index (Phi) is 7.94. The molecule has 0 spiro atoms. The largest absolute Gasteiger partial charge is 0.507 e. The number of aliphatic hydroxyl groups excluding tert-OH is 1. The van der Waals surface area contributed by atoms with Crippen LogP contribution in [0.3, 0.4) is 0 Å². The first-order valence-electron chi connectivity index (χ1n) is 11.7. The van der Waals surface area contributed by atoms with Crippen LogP contribution in [-0.2, 0) is 14.3 Å². The highest BCUT2D eigenvalue weighted by molar-refractivity contribution is 6.46. The van der Waals surface area contributed by atoms with Crippen LogP contribution in [0.15, 0.2) is 66.8 Å². The number of morpholine rings is 1. The van der Waals surface area contributed by atoms with E-state index in [1.807, 2.05) is 0 Å². The van der Waals surface area contributed by atoms with Gasteiger partial charge in [-0.1, -0.05) is 24.8 Å². The van der Waals surface area contributed by atoms with Gasteiger partial charge >= 0.3 is 0 Å². The van der Waals surface area contributed by atoms with E-state index in [0.717, 1.165) is 19.6 Å². The van der Waals surface area contributed by atoms with Gasteiger partial charge in [-0.3, -0.25) is 14.5 Å². The van der Waals surface area contributed by atoms with E-state index in [1.165, 1.54) is 29.2 Å². The molecule has 0 bridgehead atoms. The smallest absolute Gasteiger partial charge is 0.295 e. The van der Waals surface area contributed by atoms with Crippen molar-refractivity contribution >= 4 is 17.4 Å². The number of hydrogen-bond donors (Lipinski definition) is 1. The average Bonchev–Trinajstić information content (AvgIpc) is 3.13. The number of ketones is 1. The number of ether oxygens (including phenoxy) is 2. The minimum absolute atomic E-state index is 0.0196. The van der Waals surface area contributed by atoms with Crippen LogP contribution in [0.25, 0.3) is 5.76 Å². The van der Waals surface area contributed by atoms with Gasteiger partial charge in [0.05, 0.1) is 24.8 Å². The fraction of sp³-hybridized carbons (Fsp3) is 0.333. The summed E-state index contributed by atoms with van der Waals surface area (Å²) >= 11 is 0. The van der Waals surface area contributed by atoms with E-state index in [9.17, 15) is 19.1 Å². The van der Waals surface area contributed by atoms with Gasteiger partial charge in [0.1, 0.15) is 23.9 Å². The second-order valence-electron chi connectivity index (χ2n) is 8.48. The SMILES string of the molecule is C=CCOc1cccc([C@H]2/C(=C(\O)c3ccc(F)cc3)C(=O)C(=O)N2CCCN2CCOCC2)c1. The van der Waals surface area contributed by atoms with Crippen molar-refractivity contribution in [3.8, 4) is 5.75 Å². The first-order valence-corrected chi connectivity index (χ1v) is 11.7. The zero-order valence-electron chi connectivity index (χ0n) is 19.5. The molecule has 1 atom stereocenters. The predicted molar refractivity (Wildman–Crippen MR) is 129 cm³/mol. The fourth-order valence-electron chi connectivity index (χ4n) is 4.44. The Morgan fingerprint density at radius 3 is 2.60 bits per heavy atom. The van der Waals surface area contributed by atoms with Crippen LogP contribution < -0.4 is 4.74 Å². The van der Waals surface area contributed by atoms with Gasteiger partial charge in [0.15, 0.2) is 0 Å². The molecule has 1 amide bonds. The third kappa shape index (κ3) is 5.61. The average molecular weight is 481 g/mol. The monoisotopic (exact) mass is 480 g/mol. The molecule has 0 aliphatic carbocycles. The van der Waals surface area contributed by atoms with Crippen molar-refractivity contribution in [2.45, 2.75) is 12.5 Å². The Morgan fingerprint density at radius 1 is 1.14 bits per heavy atom. The van der Waals surface area contributed by atoms with E-state index < -0.39 is 23.5 Å². The van der Waals surface area contributed by atoms with Gasteiger partial charge in [0, 0.05) is 31.7 Å². The van der Waals surface area contributed by atoms with Gasteiger partial charge in [-0.15, -0.1) is 0 Å². The van der Waals surface area contributed by atoms with Crippen LogP contribution in [0.1, 0.15) is 23.6 Å². The zero-order valence-corrected chi connectivity index (χ0v) is 19.5. The number of carbonyl (C=O) groups is 2. The second kappa shape index (κ2) is 11.3. The van der Waals surface area contributed by atoms with Crippen molar-refractivity contribution in [1.29, 1.82) is 0 Å². The minimum atomic E-state index is -0.794. The minimum Gasteiger partial charge on any atom is -0.507 e. The van der Waals surface area contributed by atoms with Crippen molar-refractivity contribution in [2.75, 3.05) is 46.0 Å².